The van der Waals surface area contributed by atoms with E-state index in [2.05, 4.69) is 20.2 Å². The molecule has 0 bridgehead atoms. The maximum Gasteiger partial charge on any atom is 0.416 e. The lowest BCUT2D eigenvalue weighted by Gasteiger charge is -2.21. The van der Waals surface area contributed by atoms with Crippen LogP contribution < -0.4 is 5.32 Å². The highest BCUT2D eigenvalue weighted by molar-refractivity contribution is 7.14. The van der Waals surface area contributed by atoms with Crippen LogP contribution in [-0.2, 0) is 12.7 Å². The second-order valence-electron chi connectivity index (χ2n) is 7.09. The molecule has 0 radical (unpaired) electrons. The Labute approximate surface area is 174 Å². The van der Waals surface area contributed by atoms with Crippen LogP contribution in [0.4, 0.5) is 18.3 Å². The summed E-state index contributed by atoms with van der Waals surface area (Å²) in [5.74, 6) is 0.133. The highest BCUT2D eigenvalue weighted by Gasteiger charge is 2.31. The normalized spacial score (nSPS) is 17.4. The van der Waals surface area contributed by atoms with Crippen molar-refractivity contribution >= 4 is 22.4 Å². The monoisotopic (exact) mass is 436 g/mol. The molecule has 0 spiro atoms. The number of oxazole rings is 1. The van der Waals surface area contributed by atoms with E-state index < -0.39 is 17.6 Å². The van der Waals surface area contributed by atoms with Gasteiger partial charge in [-0.2, -0.15) is 13.2 Å². The van der Waals surface area contributed by atoms with E-state index in [1.54, 1.807) is 13.2 Å². The molecule has 2 aromatic heterocycles. The Morgan fingerprint density at radius 1 is 1.30 bits per heavy atom. The number of anilines is 1. The SMILES string of the molecule is Cc1nc(CN2CCC[C@H]2c2csc(NC(=O)c3ccc(C(F)(F)F)cc3)n2)co1. The van der Waals surface area contributed by atoms with Gasteiger partial charge in [-0.15, -0.1) is 11.3 Å². The minimum atomic E-state index is -4.43. The van der Waals surface area contributed by atoms with Gasteiger partial charge in [0, 0.05) is 24.4 Å². The summed E-state index contributed by atoms with van der Waals surface area (Å²) in [6, 6.07) is 4.22. The molecule has 4 rings (SSSR count). The number of rotatable bonds is 5. The first-order chi connectivity index (χ1) is 14.3. The number of nitrogens with zero attached hydrogens (tertiary/aromatic N) is 3. The van der Waals surface area contributed by atoms with Crippen LogP contribution in [0.2, 0.25) is 0 Å². The lowest BCUT2D eigenvalue weighted by Crippen LogP contribution is -2.23. The zero-order valence-corrected chi connectivity index (χ0v) is 16.9. The molecule has 3 aromatic rings. The second-order valence-corrected chi connectivity index (χ2v) is 7.95. The molecule has 1 aliphatic heterocycles. The Hall–Kier alpha value is -2.72. The highest BCUT2D eigenvalue weighted by atomic mass is 32.1. The number of likely N-dealkylation sites (tertiary alicyclic amines) is 1. The lowest BCUT2D eigenvalue weighted by molar-refractivity contribution is -0.137. The first-order valence-electron chi connectivity index (χ1n) is 9.38. The maximum atomic E-state index is 12.7. The van der Waals surface area contributed by atoms with Gasteiger partial charge in [0.25, 0.3) is 5.91 Å². The zero-order chi connectivity index (χ0) is 21.3. The number of hydrogen-bond acceptors (Lipinski definition) is 6. The van der Waals surface area contributed by atoms with Gasteiger partial charge in [0.15, 0.2) is 11.0 Å². The minimum Gasteiger partial charge on any atom is -0.449 e. The number of amides is 1. The predicted molar refractivity (Wildman–Crippen MR) is 105 cm³/mol. The fourth-order valence-corrected chi connectivity index (χ4v) is 4.27. The Bertz CT molecular complexity index is 1030. The molecule has 0 saturated carbocycles. The average Bonchev–Trinajstić information content (AvgIpc) is 3.43. The van der Waals surface area contributed by atoms with Gasteiger partial charge in [0.2, 0.25) is 0 Å². The van der Waals surface area contributed by atoms with Gasteiger partial charge in [-0.05, 0) is 43.7 Å². The lowest BCUT2D eigenvalue weighted by atomic mass is 10.1. The van der Waals surface area contributed by atoms with E-state index in [-0.39, 0.29) is 11.6 Å². The highest BCUT2D eigenvalue weighted by Crippen LogP contribution is 2.35. The number of hydrogen-bond donors (Lipinski definition) is 1. The van der Waals surface area contributed by atoms with Crippen molar-refractivity contribution in [2.75, 3.05) is 11.9 Å². The third-order valence-corrected chi connectivity index (χ3v) is 5.73. The smallest absolute Gasteiger partial charge is 0.416 e. The van der Waals surface area contributed by atoms with E-state index in [0.29, 0.717) is 17.6 Å². The molecule has 158 valence electrons. The van der Waals surface area contributed by atoms with Crippen LogP contribution in [0.5, 0.6) is 0 Å². The number of aryl methyl sites for hydroxylation is 1. The van der Waals surface area contributed by atoms with Gasteiger partial charge in [-0.1, -0.05) is 0 Å². The van der Waals surface area contributed by atoms with Crippen molar-refractivity contribution in [1.82, 2.24) is 14.9 Å². The largest absolute Gasteiger partial charge is 0.449 e. The summed E-state index contributed by atoms with van der Waals surface area (Å²) in [7, 11) is 0. The van der Waals surface area contributed by atoms with E-state index in [9.17, 15) is 18.0 Å². The quantitative estimate of drug-likeness (QED) is 0.606. The molecular weight excluding hydrogens is 417 g/mol. The molecule has 6 nitrogen and oxygen atoms in total. The van der Waals surface area contributed by atoms with Crippen molar-refractivity contribution in [2.24, 2.45) is 0 Å². The summed E-state index contributed by atoms with van der Waals surface area (Å²) in [6.07, 6.45) is -0.794. The first kappa shape index (κ1) is 20.5. The number of alkyl halides is 3. The number of halogens is 3. The summed E-state index contributed by atoms with van der Waals surface area (Å²) in [5, 5.41) is 4.99. The predicted octanol–water partition coefficient (Wildman–Crippen LogP) is 5.05. The molecule has 0 aliphatic carbocycles. The topological polar surface area (TPSA) is 71.3 Å². The Kier molecular flexibility index (Phi) is 5.61. The minimum absolute atomic E-state index is 0.120. The molecule has 1 aliphatic rings. The van der Waals surface area contributed by atoms with E-state index in [1.807, 2.05) is 5.38 Å². The van der Waals surface area contributed by atoms with E-state index in [1.165, 1.54) is 11.3 Å². The van der Waals surface area contributed by atoms with E-state index >= 15 is 0 Å². The van der Waals surface area contributed by atoms with Crippen molar-refractivity contribution in [3.05, 3.63) is 64.3 Å². The van der Waals surface area contributed by atoms with Gasteiger partial charge in [-0.25, -0.2) is 9.97 Å². The molecule has 1 aromatic carbocycles. The molecule has 1 saturated heterocycles. The van der Waals surface area contributed by atoms with Gasteiger partial charge in [0.05, 0.1) is 23.0 Å². The summed E-state index contributed by atoms with van der Waals surface area (Å²) in [4.78, 5) is 23.5. The van der Waals surface area contributed by atoms with E-state index in [4.69, 9.17) is 4.42 Å². The van der Waals surface area contributed by atoms with Crippen LogP contribution in [0.15, 0.2) is 40.3 Å². The molecule has 1 fully saturated rings. The van der Waals surface area contributed by atoms with Crippen molar-refractivity contribution in [1.29, 1.82) is 0 Å². The van der Waals surface area contributed by atoms with Crippen molar-refractivity contribution in [3.63, 3.8) is 0 Å². The van der Waals surface area contributed by atoms with Gasteiger partial charge >= 0.3 is 6.18 Å². The van der Waals surface area contributed by atoms with Gasteiger partial charge in [0.1, 0.15) is 6.26 Å². The summed E-state index contributed by atoms with van der Waals surface area (Å²) in [5.41, 5.74) is 1.08. The number of carbonyl (C=O) groups is 1. The van der Waals surface area contributed by atoms with E-state index in [0.717, 1.165) is 55.0 Å². The fourth-order valence-electron chi connectivity index (χ4n) is 3.52. The molecule has 3 heterocycles. The fraction of sp³-hybridized carbons (Fsp3) is 0.350. The number of benzene rings is 1. The van der Waals surface area contributed by atoms with Crippen LogP contribution in [0.1, 0.15) is 52.1 Å². The zero-order valence-electron chi connectivity index (χ0n) is 16.1. The number of thiazole rings is 1. The molecule has 0 unspecified atom stereocenters. The van der Waals surface area contributed by atoms with Gasteiger partial charge < -0.3 is 4.42 Å². The Morgan fingerprint density at radius 2 is 2.07 bits per heavy atom. The summed E-state index contributed by atoms with van der Waals surface area (Å²) >= 11 is 1.30. The number of carbonyl (C=O) groups excluding carboxylic acids is 1. The third-order valence-electron chi connectivity index (χ3n) is 4.95. The van der Waals surface area contributed by atoms with Crippen LogP contribution in [0.25, 0.3) is 0 Å². The Balaban J connectivity index is 1.41. The van der Waals surface area contributed by atoms with Gasteiger partial charge in [-0.3, -0.25) is 15.0 Å². The van der Waals surface area contributed by atoms with Crippen molar-refractivity contribution in [2.45, 2.75) is 38.5 Å². The second kappa shape index (κ2) is 8.19. The Morgan fingerprint density at radius 3 is 2.73 bits per heavy atom. The molecular formula is C20H19F3N4O2S. The third kappa shape index (κ3) is 4.54. The van der Waals surface area contributed by atoms with Crippen LogP contribution in [0, 0.1) is 6.92 Å². The summed E-state index contributed by atoms with van der Waals surface area (Å²) in [6.45, 7) is 3.38. The van der Waals surface area contributed by atoms with Crippen LogP contribution >= 0.6 is 11.3 Å². The van der Waals surface area contributed by atoms with Crippen molar-refractivity contribution < 1.29 is 22.4 Å². The van der Waals surface area contributed by atoms with Crippen molar-refractivity contribution in [3.8, 4) is 0 Å². The van der Waals surface area contributed by atoms with Crippen LogP contribution in [0.3, 0.4) is 0 Å². The summed E-state index contributed by atoms with van der Waals surface area (Å²) < 4.78 is 43.3. The molecule has 30 heavy (non-hydrogen) atoms. The molecule has 1 atom stereocenters. The molecule has 1 N–H and O–H groups in total. The standard InChI is InChI=1S/C20H19F3N4O2S/c1-12-24-15(10-29-12)9-27-8-2-3-17(27)16-11-30-19(25-16)26-18(28)13-4-6-14(7-5-13)20(21,22)23/h4-7,10-11,17H,2-3,8-9H2,1H3,(H,25,26,28)/t17-/m0/s1. The average molecular weight is 436 g/mol. The number of aromatic nitrogens is 2. The first-order valence-corrected chi connectivity index (χ1v) is 10.3. The molecule has 10 heteroatoms. The molecule has 1 amide bonds. The number of nitrogens with one attached hydrogen (secondary N) is 1. The van der Waals surface area contributed by atoms with Crippen LogP contribution in [-0.4, -0.2) is 27.3 Å². The maximum absolute atomic E-state index is 12.7.